The van der Waals surface area contributed by atoms with Gasteiger partial charge >= 0.3 is 0 Å². The van der Waals surface area contributed by atoms with Crippen LogP contribution in [0.3, 0.4) is 0 Å². The average Bonchev–Trinajstić information content (AvgIpc) is 3.24. The minimum atomic E-state index is -0.111. The molecule has 2 aliphatic rings. The molecule has 1 aliphatic heterocycles. The van der Waals surface area contributed by atoms with Crippen LogP contribution in [-0.4, -0.2) is 40.0 Å². The predicted octanol–water partition coefficient (Wildman–Crippen LogP) is 4.55. The number of carbonyl (C=O) groups excluding carboxylic acids is 1. The summed E-state index contributed by atoms with van der Waals surface area (Å²) >= 11 is 7.43. The van der Waals surface area contributed by atoms with Gasteiger partial charge in [0.05, 0.1) is 29.3 Å². The summed E-state index contributed by atoms with van der Waals surface area (Å²) < 4.78 is 7.42. The first-order valence-electron chi connectivity index (χ1n) is 11.3. The van der Waals surface area contributed by atoms with E-state index in [1.807, 2.05) is 0 Å². The quantitative estimate of drug-likeness (QED) is 0.502. The zero-order valence-corrected chi connectivity index (χ0v) is 19.3. The summed E-state index contributed by atoms with van der Waals surface area (Å²) in [6.07, 6.45) is 10.2. The Morgan fingerprint density at radius 3 is 2.68 bits per heavy atom. The Kier molecular flexibility index (Phi) is 7.91. The molecular formula is C23H30ClN3O3S. The fourth-order valence-corrected chi connectivity index (χ4v) is 5.42. The number of hydrogen-bond acceptors (Lipinski definition) is 5. The molecule has 31 heavy (non-hydrogen) atoms. The molecule has 168 valence electrons. The number of amides is 1. The number of nitrogens with zero attached hydrogens (tertiary/aromatic N) is 2. The molecule has 1 amide bonds. The topological polar surface area (TPSA) is 73.2 Å². The highest BCUT2D eigenvalue weighted by molar-refractivity contribution is 7.99. The summed E-state index contributed by atoms with van der Waals surface area (Å²) in [7, 11) is 0. The molecule has 1 aliphatic carbocycles. The van der Waals surface area contributed by atoms with Crippen molar-refractivity contribution in [3.05, 3.63) is 33.6 Å². The number of ether oxygens (including phenoxy) is 1. The van der Waals surface area contributed by atoms with Crippen molar-refractivity contribution < 1.29 is 9.53 Å². The Balaban J connectivity index is 1.50. The van der Waals surface area contributed by atoms with Crippen molar-refractivity contribution in [1.29, 1.82) is 0 Å². The molecule has 1 saturated heterocycles. The van der Waals surface area contributed by atoms with Crippen molar-refractivity contribution in [2.24, 2.45) is 0 Å². The van der Waals surface area contributed by atoms with E-state index in [1.165, 1.54) is 43.9 Å². The minimum Gasteiger partial charge on any atom is -0.376 e. The maximum Gasteiger partial charge on any atom is 0.262 e. The van der Waals surface area contributed by atoms with E-state index in [0.29, 0.717) is 27.6 Å². The van der Waals surface area contributed by atoms with Crippen LogP contribution in [0.5, 0.6) is 0 Å². The van der Waals surface area contributed by atoms with Crippen LogP contribution >= 0.6 is 23.4 Å². The number of rotatable bonds is 6. The second kappa shape index (κ2) is 10.8. The van der Waals surface area contributed by atoms with Crippen molar-refractivity contribution >= 4 is 40.2 Å². The van der Waals surface area contributed by atoms with Crippen LogP contribution in [0.2, 0.25) is 5.02 Å². The molecule has 2 fully saturated rings. The van der Waals surface area contributed by atoms with E-state index in [-0.39, 0.29) is 29.4 Å². The monoisotopic (exact) mass is 463 g/mol. The van der Waals surface area contributed by atoms with E-state index in [0.717, 1.165) is 32.3 Å². The maximum atomic E-state index is 13.2. The van der Waals surface area contributed by atoms with Crippen molar-refractivity contribution in [3.8, 4) is 0 Å². The third kappa shape index (κ3) is 6.02. The Morgan fingerprint density at radius 1 is 1.16 bits per heavy atom. The largest absolute Gasteiger partial charge is 0.376 e. The van der Waals surface area contributed by atoms with Gasteiger partial charge in [0.1, 0.15) is 0 Å². The average molecular weight is 464 g/mol. The first kappa shape index (κ1) is 22.6. The van der Waals surface area contributed by atoms with Gasteiger partial charge in [0.15, 0.2) is 5.16 Å². The smallest absolute Gasteiger partial charge is 0.262 e. The van der Waals surface area contributed by atoms with Gasteiger partial charge in [0, 0.05) is 17.7 Å². The van der Waals surface area contributed by atoms with Crippen LogP contribution in [0.25, 0.3) is 10.9 Å². The van der Waals surface area contributed by atoms with Crippen LogP contribution in [-0.2, 0) is 16.1 Å². The van der Waals surface area contributed by atoms with Crippen molar-refractivity contribution in [2.75, 3.05) is 12.4 Å². The second-order valence-electron chi connectivity index (χ2n) is 8.50. The van der Waals surface area contributed by atoms with E-state index in [1.54, 1.807) is 22.8 Å². The Bertz CT molecular complexity index is 966. The molecule has 1 N–H and O–H groups in total. The van der Waals surface area contributed by atoms with Gasteiger partial charge in [-0.3, -0.25) is 14.2 Å². The standard InChI is InChI=1S/C23H30ClN3O3S/c24-16-10-11-19-20(13-16)26-23(27(22(19)29)14-18-9-6-12-30-18)31-15-21(28)25-17-7-4-2-1-3-5-8-17/h10-11,13,17-18H,1-9,12,14-15H2,(H,25,28)/t18-/m1/s1. The Hall–Kier alpha value is -1.57. The summed E-state index contributed by atoms with van der Waals surface area (Å²) in [5, 5.41) is 4.80. The normalized spacial score (nSPS) is 20.5. The van der Waals surface area contributed by atoms with E-state index < -0.39 is 0 Å². The highest BCUT2D eigenvalue weighted by Crippen LogP contribution is 2.23. The van der Waals surface area contributed by atoms with Crippen LogP contribution in [0.4, 0.5) is 0 Å². The van der Waals surface area contributed by atoms with E-state index in [9.17, 15) is 9.59 Å². The fourth-order valence-electron chi connectivity index (χ4n) is 4.44. The number of carbonyl (C=O) groups is 1. The third-order valence-corrected chi connectivity index (χ3v) is 7.31. The molecule has 0 bridgehead atoms. The number of hydrogen-bond donors (Lipinski definition) is 1. The molecular weight excluding hydrogens is 434 g/mol. The molecule has 1 atom stereocenters. The molecule has 0 spiro atoms. The first-order chi connectivity index (χ1) is 15.1. The molecule has 4 rings (SSSR count). The summed E-state index contributed by atoms with van der Waals surface area (Å²) in [5.74, 6) is 0.236. The number of nitrogens with one attached hydrogen (secondary N) is 1. The van der Waals surface area contributed by atoms with Gasteiger partial charge in [-0.15, -0.1) is 0 Å². The number of halogens is 1. The highest BCUT2D eigenvalue weighted by Gasteiger charge is 2.21. The SMILES string of the molecule is O=C(CSc1nc2cc(Cl)ccc2c(=O)n1C[C@H]1CCCO1)NC1CCCCCCC1. The van der Waals surface area contributed by atoms with Gasteiger partial charge in [0.25, 0.3) is 5.56 Å². The first-order valence-corrected chi connectivity index (χ1v) is 12.7. The van der Waals surface area contributed by atoms with Crippen LogP contribution in [0, 0.1) is 0 Å². The summed E-state index contributed by atoms with van der Waals surface area (Å²) in [6, 6.07) is 5.38. The van der Waals surface area contributed by atoms with Gasteiger partial charge in [-0.1, -0.05) is 55.5 Å². The van der Waals surface area contributed by atoms with Gasteiger partial charge < -0.3 is 10.1 Å². The van der Waals surface area contributed by atoms with Crippen molar-refractivity contribution in [1.82, 2.24) is 14.9 Å². The molecule has 8 heteroatoms. The summed E-state index contributed by atoms with van der Waals surface area (Å²) in [4.78, 5) is 30.5. The van der Waals surface area contributed by atoms with Gasteiger partial charge in [-0.25, -0.2) is 4.98 Å². The lowest BCUT2D eigenvalue weighted by atomic mass is 9.97. The molecule has 1 aromatic carbocycles. The van der Waals surface area contributed by atoms with Crippen molar-refractivity contribution in [3.63, 3.8) is 0 Å². The molecule has 6 nitrogen and oxygen atoms in total. The molecule has 1 saturated carbocycles. The molecule has 1 aromatic heterocycles. The lowest BCUT2D eigenvalue weighted by Gasteiger charge is -2.21. The second-order valence-corrected chi connectivity index (χ2v) is 9.88. The predicted molar refractivity (Wildman–Crippen MR) is 125 cm³/mol. The van der Waals surface area contributed by atoms with E-state index in [2.05, 4.69) is 5.32 Å². The zero-order valence-electron chi connectivity index (χ0n) is 17.8. The van der Waals surface area contributed by atoms with Crippen LogP contribution in [0.15, 0.2) is 28.2 Å². The van der Waals surface area contributed by atoms with Crippen LogP contribution < -0.4 is 10.9 Å². The molecule has 2 aromatic rings. The number of fused-ring (bicyclic) bond motifs is 1. The molecule has 2 heterocycles. The third-order valence-electron chi connectivity index (χ3n) is 6.10. The molecule has 0 unspecified atom stereocenters. The zero-order chi connectivity index (χ0) is 21.6. The summed E-state index contributed by atoms with van der Waals surface area (Å²) in [6.45, 7) is 1.18. The highest BCUT2D eigenvalue weighted by atomic mass is 35.5. The number of thioether (sulfide) groups is 1. The summed E-state index contributed by atoms with van der Waals surface area (Å²) in [5.41, 5.74) is 0.448. The minimum absolute atomic E-state index is 0.000296. The number of aromatic nitrogens is 2. The van der Waals surface area contributed by atoms with Crippen molar-refractivity contribution in [2.45, 2.75) is 81.6 Å². The lowest BCUT2D eigenvalue weighted by molar-refractivity contribution is -0.119. The van der Waals surface area contributed by atoms with Crippen LogP contribution in [0.1, 0.15) is 57.8 Å². The number of benzene rings is 1. The Morgan fingerprint density at radius 2 is 1.94 bits per heavy atom. The fraction of sp³-hybridized carbons (Fsp3) is 0.609. The van der Waals surface area contributed by atoms with Gasteiger partial charge in [0.2, 0.25) is 5.91 Å². The van der Waals surface area contributed by atoms with Gasteiger partial charge in [-0.2, -0.15) is 0 Å². The Labute approximate surface area is 192 Å². The van der Waals surface area contributed by atoms with E-state index >= 15 is 0 Å². The maximum absolute atomic E-state index is 13.2. The molecule has 0 radical (unpaired) electrons. The van der Waals surface area contributed by atoms with Gasteiger partial charge in [-0.05, 0) is 43.9 Å². The lowest BCUT2D eigenvalue weighted by Crippen LogP contribution is -2.36. The van der Waals surface area contributed by atoms with E-state index in [4.69, 9.17) is 21.3 Å².